The third kappa shape index (κ3) is 4.43. The summed E-state index contributed by atoms with van der Waals surface area (Å²) >= 11 is 0. The number of para-hydroxylation sites is 1. The summed E-state index contributed by atoms with van der Waals surface area (Å²) < 4.78 is 0. The fourth-order valence-electron chi connectivity index (χ4n) is 2.00. The zero-order valence-corrected chi connectivity index (χ0v) is 12.6. The number of anilines is 1. The summed E-state index contributed by atoms with van der Waals surface area (Å²) in [4.78, 5) is 0. The predicted octanol–water partition coefficient (Wildman–Crippen LogP) is 3.54. The van der Waals surface area contributed by atoms with Crippen molar-refractivity contribution in [1.82, 2.24) is 5.32 Å². The molecule has 0 radical (unpaired) electrons. The van der Waals surface area contributed by atoms with E-state index >= 15 is 0 Å². The van der Waals surface area contributed by atoms with E-state index in [1.165, 1.54) is 11.1 Å². The lowest BCUT2D eigenvalue weighted by Crippen LogP contribution is -2.10. The Bertz CT molecular complexity index is 501. The second kappa shape index (κ2) is 8.81. The van der Waals surface area contributed by atoms with Gasteiger partial charge in [0.15, 0.2) is 0 Å². The van der Waals surface area contributed by atoms with E-state index in [4.69, 9.17) is 5.73 Å². The number of nitrogens with two attached hydrogens (primary N) is 1. The molecule has 4 heteroatoms. The Labute approximate surface area is 127 Å². The van der Waals surface area contributed by atoms with Crippen LogP contribution in [0.25, 0.3) is 11.1 Å². The molecule has 0 aliphatic heterocycles. The van der Waals surface area contributed by atoms with Crippen LogP contribution in [0, 0.1) is 0 Å². The number of rotatable bonds is 4. The number of halogens is 2. The van der Waals surface area contributed by atoms with Crippen molar-refractivity contribution in [2.45, 2.75) is 6.42 Å². The van der Waals surface area contributed by atoms with Crippen LogP contribution in [-0.2, 0) is 6.42 Å². The summed E-state index contributed by atoms with van der Waals surface area (Å²) in [5, 5.41) is 3.18. The second-order valence-corrected chi connectivity index (χ2v) is 4.10. The Kier molecular flexibility index (Phi) is 8.24. The molecule has 0 saturated heterocycles. The minimum atomic E-state index is 0. The van der Waals surface area contributed by atoms with Gasteiger partial charge < -0.3 is 11.1 Å². The van der Waals surface area contributed by atoms with Crippen LogP contribution < -0.4 is 11.1 Å². The normalized spacial score (nSPS) is 9.32. The summed E-state index contributed by atoms with van der Waals surface area (Å²) in [7, 11) is 1.97. The number of hydrogen-bond donors (Lipinski definition) is 2. The summed E-state index contributed by atoms with van der Waals surface area (Å²) in [5.74, 6) is 0. The third-order valence-electron chi connectivity index (χ3n) is 2.91. The molecule has 0 atom stereocenters. The maximum absolute atomic E-state index is 6.03. The smallest absolute Gasteiger partial charge is 0.0393 e. The van der Waals surface area contributed by atoms with E-state index in [0.717, 1.165) is 24.2 Å². The van der Waals surface area contributed by atoms with Crippen LogP contribution in [0.1, 0.15) is 5.56 Å². The Morgan fingerprint density at radius 3 is 2.11 bits per heavy atom. The molecule has 2 aromatic carbocycles. The van der Waals surface area contributed by atoms with Crippen LogP contribution in [0.3, 0.4) is 0 Å². The second-order valence-electron chi connectivity index (χ2n) is 4.10. The Hall–Kier alpha value is -1.22. The molecule has 2 rings (SSSR count). The van der Waals surface area contributed by atoms with Gasteiger partial charge in [0.2, 0.25) is 0 Å². The standard InChI is InChI=1S/C15H18N2.2ClH/c1-17-11-10-12-6-2-3-7-13(12)14-8-4-5-9-15(14)16;;/h2-9,17H,10-11,16H2,1H3;2*1H. The van der Waals surface area contributed by atoms with Crippen molar-refractivity contribution in [3.05, 3.63) is 54.1 Å². The van der Waals surface area contributed by atoms with E-state index in [1.54, 1.807) is 0 Å². The first kappa shape index (κ1) is 17.8. The van der Waals surface area contributed by atoms with Crippen LogP contribution in [0.5, 0.6) is 0 Å². The van der Waals surface area contributed by atoms with Crippen molar-refractivity contribution in [3.63, 3.8) is 0 Å². The average molecular weight is 299 g/mol. The zero-order chi connectivity index (χ0) is 12.1. The summed E-state index contributed by atoms with van der Waals surface area (Å²) in [6.45, 7) is 0.976. The van der Waals surface area contributed by atoms with Crippen molar-refractivity contribution < 1.29 is 0 Å². The van der Waals surface area contributed by atoms with Crippen LogP contribution >= 0.6 is 24.8 Å². The fourth-order valence-corrected chi connectivity index (χ4v) is 2.00. The molecule has 0 saturated carbocycles. The molecule has 0 spiro atoms. The Morgan fingerprint density at radius 1 is 0.895 bits per heavy atom. The lowest BCUT2D eigenvalue weighted by molar-refractivity contribution is 0.792. The van der Waals surface area contributed by atoms with E-state index in [9.17, 15) is 0 Å². The highest BCUT2D eigenvalue weighted by Crippen LogP contribution is 2.28. The van der Waals surface area contributed by atoms with Gasteiger partial charge in [0.05, 0.1) is 0 Å². The predicted molar refractivity (Wildman–Crippen MR) is 88.4 cm³/mol. The summed E-state index contributed by atoms with van der Waals surface area (Å²) in [6, 6.07) is 16.5. The highest BCUT2D eigenvalue weighted by Gasteiger charge is 2.06. The van der Waals surface area contributed by atoms with E-state index in [-0.39, 0.29) is 24.8 Å². The van der Waals surface area contributed by atoms with Gasteiger partial charge in [-0.2, -0.15) is 0 Å². The Balaban J connectivity index is 0.00000162. The van der Waals surface area contributed by atoms with E-state index in [2.05, 4.69) is 35.6 Å². The van der Waals surface area contributed by atoms with E-state index in [1.807, 2.05) is 25.2 Å². The number of hydrogen-bond acceptors (Lipinski definition) is 2. The quantitative estimate of drug-likeness (QED) is 0.847. The van der Waals surface area contributed by atoms with Gasteiger partial charge in [-0.25, -0.2) is 0 Å². The van der Waals surface area contributed by atoms with Gasteiger partial charge in [0, 0.05) is 11.3 Å². The molecular formula is C15H20Cl2N2. The lowest BCUT2D eigenvalue weighted by atomic mass is 9.96. The van der Waals surface area contributed by atoms with E-state index < -0.39 is 0 Å². The topological polar surface area (TPSA) is 38.0 Å². The molecule has 19 heavy (non-hydrogen) atoms. The van der Waals surface area contributed by atoms with Gasteiger partial charge in [-0.15, -0.1) is 24.8 Å². The molecule has 0 aliphatic carbocycles. The molecule has 0 unspecified atom stereocenters. The van der Waals surface area contributed by atoms with Crippen molar-refractivity contribution in [2.75, 3.05) is 19.3 Å². The number of benzene rings is 2. The summed E-state index contributed by atoms with van der Waals surface area (Å²) in [5.41, 5.74) is 10.6. The van der Waals surface area contributed by atoms with Crippen LogP contribution in [0.2, 0.25) is 0 Å². The van der Waals surface area contributed by atoms with Crippen LogP contribution in [-0.4, -0.2) is 13.6 Å². The molecule has 0 heterocycles. The zero-order valence-electron chi connectivity index (χ0n) is 10.9. The highest BCUT2D eigenvalue weighted by molar-refractivity contribution is 5.85. The van der Waals surface area contributed by atoms with Gasteiger partial charge in [0.1, 0.15) is 0 Å². The van der Waals surface area contributed by atoms with Gasteiger partial charge in [-0.3, -0.25) is 0 Å². The molecule has 0 aliphatic rings. The van der Waals surface area contributed by atoms with Gasteiger partial charge in [-0.1, -0.05) is 42.5 Å². The minimum Gasteiger partial charge on any atom is -0.398 e. The fraction of sp³-hybridized carbons (Fsp3) is 0.200. The Morgan fingerprint density at radius 2 is 1.47 bits per heavy atom. The molecule has 0 fully saturated rings. The molecule has 0 aromatic heterocycles. The number of likely N-dealkylation sites (N-methyl/N-ethyl adjacent to an activating group) is 1. The van der Waals surface area contributed by atoms with E-state index in [0.29, 0.717) is 0 Å². The molecular weight excluding hydrogens is 279 g/mol. The highest BCUT2D eigenvalue weighted by atomic mass is 35.5. The van der Waals surface area contributed by atoms with Crippen LogP contribution in [0.4, 0.5) is 5.69 Å². The summed E-state index contributed by atoms with van der Waals surface area (Å²) in [6.07, 6.45) is 1.01. The molecule has 0 amide bonds. The van der Waals surface area contributed by atoms with Crippen molar-refractivity contribution in [1.29, 1.82) is 0 Å². The SMILES string of the molecule is CNCCc1ccccc1-c1ccccc1N.Cl.Cl. The molecule has 2 nitrogen and oxygen atoms in total. The maximum atomic E-state index is 6.03. The van der Waals surface area contributed by atoms with Gasteiger partial charge in [0.25, 0.3) is 0 Å². The average Bonchev–Trinajstić information content (AvgIpc) is 2.37. The largest absolute Gasteiger partial charge is 0.398 e. The van der Waals surface area contributed by atoms with Crippen molar-refractivity contribution in [3.8, 4) is 11.1 Å². The molecule has 104 valence electrons. The van der Waals surface area contributed by atoms with Crippen LogP contribution in [0.15, 0.2) is 48.5 Å². The maximum Gasteiger partial charge on any atom is 0.0393 e. The first-order chi connectivity index (χ1) is 8.33. The molecule has 2 aromatic rings. The number of nitrogen functional groups attached to an aromatic ring is 1. The first-order valence-corrected chi connectivity index (χ1v) is 5.90. The molecule has 3 N–H and O–H groups in total. The lowest BCUT2D eigenvalue weighted by Gasteiger charge is -2.11. The monoisotopic (exact) mass is 298 g/mol. The van der Waals surface area contributed by atoms with Gasteiger partial charge >= 0.3 is 0 Å². The first-order valence-electron chi connectivity index (χ1n) is 5.90. The minimum absolute atomic E-state index is 0. The molecule has 0 bridgehead atoms. The van der Waals surface area contributed by atoms with Crippen molar-refractivity contribution in [2.24, 2.45) is 0 Å². The van der Waals surface area contributed by atoms with Gasteiger partial charge in [-0.05, 0) is 37.2 Å². The van der Waals surface area contributed by atoms with Crippen molar-refractivity contribution >= 4 is 30.5 Å². The third-order valence-corrected chi connectivity index (χ3v) is 2.91. The number of nitrogens with one attached hydrogen (secondary N) is 1.